The van der Waals surface area contributed by atoms with Crippen molar-refractivity contribution in [3.63, 3.8) is 0 Å². The second-order valence-corrected chi connectivity index (χ2v) is 4.48. The molecule has 0 spiro atoms. The lowest BCUT2D eigenvalue weighted by atomic mass is 10.0. The number of rotatable bonds is 2. The first-order valence-electron chi connectivity index (χ1n) is 5.25. The van der Waals surface area contributed by atoms with Gasteiger partial charge in [-0.1, -0.05) is 6.07 Å². The van der Waals surface area contributed by atoms with Crippen LogP contribution < -0.4 is 10.5 Å². The monoisotopic (exact) mass is 216 g/mol. The molecule has 2 N–H and O–H groups in total. The Kier molecular flexibility index (Phi) is 2.56. The summed E-state index contributed by atoms with van der Waals surface area (Å²) in [6.45, 7) is 3.90. The van der Waals surface area contributed by atoms with Gasteiger partial charge in [-0.25, -0.2) is 0 Å². The highest BCUT2D eigenvalue weighted by atomic mass is 16.5. The summed E-state index contributed by atoms with van der Waals surface area (Å²) in [7, 11) is 1.66. The topological polar surface area (TPSA) is 48.1 Å². The highest BCUT2D eigenvalue weighted by molar-refractivity contribution is 5.80. The zero-order valence-electron chi connectivity index (χ0n) is 9.82. The SMILES string of the molecule is COc1ccc2nc(C(C)(C)N)ccc2c1. The molecule has 0 fully saturated rings. The van der Waals surface area contributed by atoms with Crippen LogP contribution in [-0.2, 0) is 5.54 Å². The van der Waals surface area contributed by atoms with Crippen LogP contribution in [0.3, 0.4) is 0 Å². The molecule has 0 saturated carbocycles. The van der Waals surface area contributed by atoms with Gasteiger partial charge < -0.3 is 10.5 Å². The van der Waals surface area contributed by atoms with E-state index in [1.165, 1.54) is 0 Å². The van der Waals surface area contributed by atoms with Crippen LogP contribution in [0.2, 0.25) is 0 Å². The molecule has 3 heteroatoms. The lowest BCUT2D eigenvalue weighted by Crippen LogP contribution is -2.29. The number of methoxy groups -OCH3 is 1. The fourth-order valence-corrected chi connectivity index (χ4v) is 1.59. The predicted octanol–water partition coefficient (Wildman–Crippen LogP) is 2.44. The third kappa shape index (κ3) is 1.99. The average Bonchev–Trinajstić information content (AvgIpc) is 2.26. The first-order valence-corrected chi connectivity index (χ1v) is 5.25. The minimum Gasteiger partial charge on any atom is -0.497 e. The van der Waals surface area contributed by atoms with Gasteiger partial charge in [0.1, 0.15) is 5.75 Å². The Morgan fingerprint density at radius 2 is 1.94 bits per heavy atom. The van der Waals surface area contributed by atoms with E-state index in [4.69, 9.17) is 10.5 Å². The van der Waals surface area contributed by atoms with Crippen molar-refractivity contribution in [1.29, 1.82) is 0 Å². The Hall–Kier alpha value is -1.61. The number of benzene rings is 1. The van der Waals surface area contributed by atoms with Gasteiger partial charge >= 0.3 is 0 Å². The summed E-state index contributed by atoms with van der Waals surface area (Å²) in [6.07, 6.45) is 0. The largest absolute Gasteiger partial charge is 0.497 e. The molecule has 2 aromatic rings. The van der Waals surface area contributed by atoms with Crippen LogP contribution in [0.25, 0.3) is 10.9 Å². The molecule has 0 aliphatic rings. The molecule has 1 aromatic heterocycles. The highest BCUT2D eigenvalue weighted by Crippen LogP contribution is 2.22. The lowest BCUT2D eigenvalue weighted by molar-refractivity contribution is 0.415. The zero-order valence-corrected chi connectivity index (χ0v) is 9.82. The van der Waals surface area contributed by atoms with Crippen molar-refractivity contribution in [1.82, 2.24) is 4.98 Å². The molecule has 0 radical (unpaired) electrons. The van der Waals surface area contributed by atoms with Crippen LogP contribution in [0.15, 0.2) is 30.3 Å². The molecule has 0 saturated heterocycles. The van der Waals surface area contributed by atoms with E-state index in [1.807, 2.05) is 44.2 Å². The van der Waals surface area contributed by atoms with Crippen molar-refractivity contribution in [2.24, 2.45) is 5.73 Å². The predicted molar refractivity (Wildman–Crippen MR) is 65.5 cm³/mol. The number of hydrogen-bond acceptors (Lipinski definition) is 3. The number of nitrogens with two attached hydrogens (primary N) is 1. The van der Waals surface area contributed by atoms with Gasteiger partial charge in [0, 0.05) is 5.39 Å². The maximum Gasteiger partial charge on any atom is 0.119 e. The summed E-state index contributed by atoms with van der Waals surface area (Å²) in [4.78, 5) is 4.54. The average molecular weight is 216 g/mol. The summed E-state index contributed by atoms with van der Waals surface area (Å²) in [5, 5.41) is 1.06. The van der Waals surface area contributed by atoms with Crippen molar-refractivity contribution >= 4 is 10.9 Å². The van der Waals surface area contributed by atoms with E-state index in [1.54, 1.807) is 7.11 Å². The van der Waals surface area contributed by atoms with Crippen molar-refractivity contribution in [3.05, 3.63) is 36.0 Å². The number of fused-ring (bicyclic) bond motifs is 1. The molecule has 2 rings (SSSR count). The van der Waals surface area contributed by atoms with Crippen LogP contribution in [-0.4, -0.2) is 12.1 Å². The molecule has 0 amide bonds. The van der Waals surface area contributed by atoms with Gasteiger partial charge in [0.05, 0.1) is 23.9 Å². The number of nitrogens with zero attached hydrogens (tertiary/aromatic N) is 1. The van der Waals surface area contributed by atoms with Gasteiger partial charge in [0.2, 0.25) is 0 Å². The minimum atomic E-state index is -0.409. The number of pyridine rings is 1. The smallest absolute Gasteiger partial charge is 0.119 e. The van der Waals surface area contributed by atoms with Gasteiger partial charge in [-0.2, -0.15) is 0 Å². The Morgan fingerprint density at radius 1 is 1.19 bits per heavy atom. The molecule has 0 atom stereocenters. The van der Waals surface area contributed by atoms with Gasteiger partial charge in [-0.3, -0.25) is 4.98 Å². The second-order valence-electron chi connectivity index (χ2n) is 4.48. The first kappa shape index (κ1) is 10.9. The Balaban J connectivity index is 2.56. The van der Waals surface area contributed by atoms with Crippen LogP contribution >= 0.6 is 0 Å². The van der Waals surface area contributed by atoms with Crippen LogP contribution in [0.5, 0.6) is 5.75 Å². The maximum absolute atomic E-state index is 6.02. The molecular weight excluding hydrogens is 200 g/mol. The van der Waals surface area contributed by atoms with Crippen molar-refractivity contribution in [3.8, 4) is 5.75 Å². The second kappa shape index (κ2) is 3.76. The van der Waals surface area contributed by atoms with Crippen LogP contribution in [0.1, 0.15) is 19.5 Å². The molecule has 16 heavy (non-hydrogen) atoms. The zero-order chi connectivity index (χ0) is 11.8. The van der Waals surface area contributed by atoms with Gasteiger partial charge in [-0.15, -0.1) is 0 Å². The number of ether oxygens (including phenoxy) is 1. The minimum absolute atomic E-state index is 0.409. The molecule has 0 bridgehead atoms. The quantitative estimate of drug-likeness (QED) is 0.838. The van der Waals surface area contributed by atoms with E-state index in [0.29, 0.717) is 0 Å². The van der Waals surface area contributed by atoms with Crippen molar-refractivity contribution in [2.45, 2.75) is 19.4 Å². The molecule has 84 valence electrons. The van der Waals surface area contributed by atoms with E-state index in [-0.39, 0.29) is 0 Å². The van der Waals surface area contributed by atoms with E-state index in [2.05, 4.69) is 4.98 Å². The normalized spacial score (nSPS) is 11.8. The summed E-state index contributed by atoms with van der Waals surface area (Å²) in [5.41, 5.74) is 7.44. The van der Waals surface area contributed by atoms with Gasteiger partial charge in [0.15, 0.2) is 0 Å². The van der Waals surface area contributed by atoms with Crippen molar-refractivity contribution in [2.75, 3.05) is 7.11 Å². The van der Waals surface area contributed by atoms with Crippen LogP contribution in [0.4, 0.5) is 0 Å². The van der Waals surface area contributed by atoms with E-state index >= 15 is 0 Å². The highest BCUT2D eigenvalue weighted by Gasteiger charge is 2.15. The van der Waals surface area contributed by atoms with Crippen molar-refractivity contribution < 1.29 is 4.74 Å². The Bertz CT molecular complexity index is 515. The molecule has 0 aliphatic heterocycles. The molecule has 1 heterocycles. The lowest BCUT2D eigenvalue weighted by Gasteiger charge is -2.18. The fraction of sp³-hybridized carbons (Fsp3) is 0.308. The van der Waals surface area contributed by atoms with E-state index in [0.717, 1.165) is 22.3 Å². The Morgan fingerprint density at radius 3 is 2.56 bits per heavy atom. The summed E-state index contributed by atoms with van der Waals surface area (Å²) in [6, 6.07) is 9.80. The first-order chi connectivity index (χ1) is 7.50. The third-order valence-electron chi connectivity index (χ3n) is 2.56. The maximum atomic E-state index is 6.02. The fourth-order valence-electron chi connectivity index (χ4n) is 1.59. The molecule has 3 nitrogen and oxygen atoms in total. The van der Waals surface area contributed by atoms with E-state index in [9.17, 15) is 0 Å². The molecule has 0 aliphatic carbocycles. The molecule has 0 unspecified atom stereocenters. The van der Waals surface area contributed by atoms with E-state index < -0.39 is 5.54 Å². The summed E-state index contributed by atoms with van der Waals surface area (Å²) < 4.78 is 5.17. The van der Waals surface area contributed by atoms with Crippen LogP contribution in [0, 0.1) is 0 Å². The summed E-state index contributed by atoms with van der Waals surface area (Å²) in [5.74, 6) is 0.842. The van der Waals surface area contributed by atoms with Gasteiger partial charge in [-0.05, 0) is 38.1 Å². The standard InChI is InChI=1S/C13H16N2O/c1-13(2,14)12-7-4-9-8-10(16-3)5-6-11(9)15-12/h4-8H,14H2,1-3H3. The Labute approximate surface area is 95.2 Å². The third-order valence-corrected chi connectivity index (χ3v) is 2.56. The number of hydrogen-bond donors (Lipinski definition) is 1. The summed E-state index contributed by atoms with van der Waals surface area (Å²) >= 11 is 0. The molecule has 1 aromatic carbocycles. The van der Waals surface area contributed by atoms with Gasteiger partial charge in [0.25, 0.3) is 0 Å². The molecular formula is C13H16N2O. The number of aromatic nitrogens is 1.